The van der Waals surface area contributed by atoms with Gasteiger partial charge in [-0.25, -0.2) is 0 Å². The summed E-state index contributed by atoms with van der Waals surface area (Å²) in [5.74, 6) is 0.305. The van der Waals surface area contributed by atoms with Crippen LogP contribution >= 0.6 is 23.2 Å². The molecule has 1 aliphatic heterocycles. The highest BCUT2D eigenvalue weighted by Crippen LogP contribution is 2.50. The Labute approximate surface area is 183 Å². The van der Waals surface area contributed by atoms with Gasteiger partial charge in [0.2, 0.25) is 5.88 Å². The summed E-state index contributed by atoms with van der Waals surface area (Å²) in [4.78, 5) is 13.4. The molecule has 0 amide bonds. The molecule has 3 aromatic rings. The van der Waals surface area contributed by atoms with E-state index in [4.69, 9.17) is 27.7 Å². The Hall–Kier alpha value is -2.76. The summed E-state index contributed by atoms with van der Waals surface area (Å²) in [6.07, 6.45) is 0.894. The molecule has 5 nitrogen and oxygen atoms in total. The Balaban J connectivity index is 1.64. The van der Waals surface area contributed by atoms with Crippen LogP contribution in [0, 0.1) is 6.92 Å². The fraction of sp³-hybridized carbons (Fsp3) is 0.217. The van der Waals surface area contributed by atoms with Gasteiger partial charge < -0.3 is 14.9 Å². The molecule has 2 N–H and O–H groups in total. The molecule has 152 valence electrons. The lowest BCUT2D eigenvalue weighted by atomic mass is 9.72. The lowest BCUT2D eigenvalue weighted by Gasteiger charge is -2.34. The zero-order valence-corrected chi connectivity index (χ0v) is 17.6. The maximum atomic E-state index is 13.4. The molecule has 2 aliphatic rings. The molecule has 7 heteroatoms. The first-order chi connectivity index (χ1) is 14.4. The first-order valence-corrected chi connectivity index (χ1v) is 10.4. The number of ketones is 1. The first-order valence-electron chi connectivity index (χ1n) is 9.66. The molecule has 0 bridgehead atoms. The standard InChI is InChI=1S/C23H18Cl2N2O3/c1-11-20-21(12-6-7-15(24)16(25)8-12)22-17(26-23(20)30-27-11)9-13(10-19(22)29)14-4-2-3-5-18(14)28/h2-8,13,21,26,28H,9-10H2,1H3/t13-,21-/m0/s1. The van der Waals surface area contributed by atoms with E-state index in [0.29, 0.717) is 34.3 Å². The highest BCUT2D eigenvalue weighted by molar-refractivity contribution is 6.42. The number of phenolic OH excluding ortho intramolecular Hbond substituents is 1. The first kappa shape index (κ1) is 19.2. The molecule has 5 rings (SSSR count). The minimum absolute atomic E-state index is 0.0272. The lowest BCUT2D eigenvalue weighted by molar-refractivity contribution is -0.116. The summed E-state index contributed by atoms with van der Waals surface area (Å²) in [5, 5.41) is 18.6. The molecule has 0 radical (unpaired) electrons. The van der Waals surface area contributed by atoms with Crippen molar-refractivity contribution in [1.82, 2.24) is 5.16 Å². The van der Waals surface area contributed by atoms with Crippen LogP contribution in [-0.2, 0) is 4.79 Å². The molecule has 1 aliphatic carbocycles. The van der Waals surface area contributed by atoms with Crippen molar-refractivity contribution in [1.29, 1.82) is 0 Å². The van der Waals surface area contributed by atoms with Gasteiger partial charge in [-0.3, -0.25) is 4.79 Å². The van der Waals surface area contributed by atoms with E-state index < -0.39 is 0 Å². The van der Waals surface area contributed by atoms with Gasteiger partial charge in [-0.1, -0.05) is 52.6 Å². The lowest BCUT2D eigenvalue weighted by Crippen LogP contribution is -2.29. The molecule has 0 saturated heterocycles. The van der Waals surface area contributed by atoms with Crippen LogP contribution in [0.4, 0.5) is 5.88 Å². The second kappa shape index (κ2) is 7.18. The number of fused-ring (bicyclic) bond motifs is 1. The summed E-state index contributed by atoms with van der Waals surface area (Å²) in [5.41, 5.74) is 4.67. The van der Waals surface area contributed by atoms with Crippen LogP contribution in [0.2, 0.25) is 10.0 Å². The van der Waals surface area contributed by atoms with E-state index in [0.717, 1.165) is 28.1 Å². The van der Waals surface area contributed by atoms with Crippen LogP contribution in [0.1, 0.15) is 47.1 Å². The predicted octanol–water partition coefficient (Wildman–Crippen LogP) is 5.95. The number of hydrogen-bond donors (Lipinski definition) is 2. The Morgan fingerprint density at radius 2 is 1.93 bits per heavy atom. The molecule has 2 atom stereocenters. The number of carbonyl (C=O) groups excluding carboxylic acids is 1. The van der Waals surface area contributed by atoms with Gasteiger partial charge in [0.05, 0.1) is 21.3 Å². The van der Waals surface area contributed by atoms with Gasteiger partial charge in [0.15, 0.2) is 5.78 Å². The zero-order valence-electron chi connectivity index (χ0n) is 16.1. The SMILES string of the molecule is Cc1noc2c1[C@H](c1ccc(Cl)c(Cl)c1)C1=C(C[C@H](c3ccccc3O)CC1=O)N2. The van der Waals surface area contributed by atoms with Crippen molar-refractivity contribution in [2.75, 3.05) is 5.32 Å². The van der Waals surface area contributed by atoms with Crippen LogP contribution in [0.15, 0.2) is 58.3 Å². The number of aryl methyl sites for hydroxylation is 1. The van der Waals surface area contributed by atoms with Crippen molar-refractivity contribution >= 4 is 34.9 Å². The topological polar surface area (TPSA) is 75.4 Å². The number of rotatable bonds is 2. The quantitative estimate of drug-likeness (QED) is 0.514. The van der Waals surface area contributed by atoms with Crippen molar-refractivity contribution in [3.63, 3.8) is 0 Å². The number of allylic oxidation sites excluding steroid dienone is 2. The van der Waals surface area contributed by atoms with Crippen LogP contribution in [-0.4, -0.2) is 16.0 Å². The van der Waals surface area contributed by atoms with Gasteiger partial charge in [-0.15, -0.1) is 0 Å². The van der Waals surface area contributed by atoms with Gasteiger partial charge in [-0.05, 0) is 42.7 Å². The second-order valence-electron chi connectivity index (χ2n) is 7.72. The van der Waals surface area contributed by atoms with Crippen molar-refractivity contribution in [2.45, 2.75) is 31.6 Å². The molecular weight excluding hydrogens is 423 g/mol. The largest absolute Gasteiger partial charge is 0.508 e. The van der Waals surface area contributed by atoms with E-state index in [2.05, 4.69) is 10.5 Å². The molecule has 0 spiro atoms. The Bertz CT molecular complexity index is 1210. The van der Waals surface area contributed by atoms with Gasteiger partial charge >= 0.3 is 0 Å². The van der Waals surface area contributed by atoms with Gasteiger partial charge in [0.1, 0.15) is 5.75 Å². The van der Waals surface area contributed by atoms with Crippen LogP contribution in [0.5, 0.6) is 5.75 Å². The van der Waals surface area contributed by atoms with Crippen LogP contribution in [0.3, 0.4) is 0 Å². The molecular formula is C23H18Cl2N2O3. The average Bonchev–Trinajstić information content (AvgIpc) is 3.09. The minimum atomic E-state index is -0.338. The number of phenols is 1. The van der Waals surface area contributed by atoms with E-state index >= 15 is 0 Å². The minimum Gasteiger partial charge on any atom is -0.508 e. The second-order valence-corrected chi connectivity index (χ2v) is 8.54. The van der Waals surface area contributed by atoms with Gasteiger partial charge in [0.25, 0.3) is 0 Å². The summed E-state index contributed by atoms with van der Waals surface area (Å²) in [6.45, 7) is 1.86. The fourth-order valence-corrected chi connectivity index (χ4v) is 4.86. The third-order valence-corrected chi connectivity index (χ3v) is 6.65. The number of halogens is 2. The highest BCUT2D eigenvalue weighted by Gasteiger charge is 2.41. The molecule has 0 unspecified atom stereocenters. The molecule has 1 aromatic heterocycles. The summed E-state index contributed by atoms with van der Waals surface area (Å²) < 4.78 is 5.53. The summed E-state index contributed by atoms with van der Waals surface area (Å²) in [7, 11) is 0. The third kappa shape index (κ3) is 3.01. The molecule has 2 heterocycles. The van der Waals surface area contributed by atoms with E-state index in [9.17, 15) is 9.90 Å². The number of anilines is 1. The van der Waals surface area contributed by atoms with Crippen molar-refractivity contribution in [3.8, 4) is 5.75 Å². The van der Waals surface area contributed by atoms with Crippen molar-refractivity contribution < 1.29 is 14.4 Å². The smallest absolute Gasteiger partial charge is 0.233 e. The Morgan fingerprint density at radius 1 is 1.13 bits per heavy atom. The van der Waals surface area contributed by atoms with E-state index in [1.54, 1.807) is 24.3 Å². The zero-order chi connectivity index (χ0) is 21.0. The van der Waals surface area contributed by atoms with Gasteiger partial charge in [0, 0.05) is 29.5 Å². The van der Waals surface area contributed by atoms with E-state index in [1.165, 1.54) is 0 Å². The maximum absolute atomic E-state index is 13.4. The highest BCUT2D eigenvalue weighted by atomic mass is 35.5. The third-order valence-electron chi connectivity index (χ3n) is 5.91. The average molecular weight is 441 g/mol. The number of aromatic hydroxyl groups is 1. The molecule has 30 heavy (non-hydrogen) atoms. The van der Waals surface area contributed by atoms with Crippen LogP contribution < -0.4 is 5.32 Å². The maximum Gasteiger partial charge on any atom is 0.233 e. The number of aromatic nitrogens is 1. The Kier molecular flexibility index (Phi) is 4.60. The number of para-hydroxylation sites is 1. The van der Waals surface area contributed by atoms with Crippen molar-refractivity contribution in [2.24, 2.45) is 0 Å². The Morgan fingerprint density at radius 3 is 2.70 bits per heavy atom. The normalized spacial score (nSPS) is 20.6. The fourth-order valence-electron chi connectivity index (χ4n) is 4.55. The van der Waals surface area contributed by atoms with Gasteiger partial charge in [-0.2, -0.15) is 0 Å². The number of benzene rings is 2. The van der Waals surface area contributed by atoms with Crippen molar-refractivity contribution in [3.05, 3.63) is 86.2 Å². The number of Topliss-reactive ketones (excluding diaryl/α,β-unsaturated/α-hetero) is 1. The summed E-state index contributed by atoms with van der Waals surface area (Å²) >= 11 is 12.4. The monoisotopic (exact) mass is 440 g/mol. The number of nitrogens with one attached hydrogen (secondary N) is 1. The molecule has 0 fully saturated rings. The van der Waals surface area contributed by atoms with E-state index in [-0.39, 0.29) is 23.4 Å². The number of carbonyl (C=O) groups is 1. The van der Waals surface area contributed by atoms with E-state index in [1.807, 2.05) is 25.1 Å². The number of hydrogen-bond acceptors (Lipinski definition) is 5. The molecule has 0 saturated carbocycles. The molecule has 2 aromatic carbocycles. The van der Waals surface area contributed by atoms with Crippen LogP contribution in [0.25, 0.3) is 0 Å². The number of nitrogens with zero attached hydrogens (tertiary/aromatic N) is 1. The summed E-state index contributed by atoms with van der Waals surface area (Å²) in [6, 6.07) is 12.6. The predicted molar refractivity (Wildman–Crippen MR) is 115 cm³/mol.